The summed E-state index contributed by atoms with van der Waals surface area (Å²) in [5, 5.41) is 15.4. The number of benzene rings is 2. The van der Waals surface area contributed by atoms with Crippen LogP contribution < -0.4 is 15.4 Å². The van der Waals surface area contributed by atoms with Crippen LogP contribution in [0.2, 0.25) is 0 Å². The first kappa shape index (κ1) is 17.2. The van der Waals surface area contributed by atoms with Crippen molar-refractivity contribution in [2.45, 2.75) is 31.5 Å². The molecule has 0 atom stereocenters. The summed E-state index contributed by atoms with van der Waals surface area (Å²) in [4.78, 5) is 11.9. The molecule has 0 radical (unpaired) electrons. The second-order valence-electron chi connectivity index (χ2n) is 6.33. The third kappa shape index (κ3) is 4.93. The van der Waals surface area contributed by atoms with E-state index in [0.717, 1.165) is 24.8 Å². The summed E-state index contributed by atoms with van der Waals surface area (Å²) in [5.74, 6) is 0.312. The van der Waals surface area contributed by atoms with Gasteiger partial charge in [0.2, 0.25) is 0 Å². The molecule has 1 saturated carbocycles. The van der Waals surface area contributed by atoms with Gasteiger partial charge in [0.25, 0.3) is 0 Å². The first-order chi connectivity index (χ1) is 12.0. The van der Waals surface area contributed by atoms with Crippen molar-refractivity contribution in [3.05, 3.63) is 59.9 Å². The molecule has 2 amide bonds. The molecular weight excluding hydrogens is 323 g/mol. The van der Waals surface area contributed by atoms with Crippen LogP contribution in [0, 0.1) is 5.82 Å². The molecule has 0 heterocycles. The van der Waals surface area contributed by atoms with Crippen LogP contribution in [0.5, 0.6) is 5.75 Å². The van der Waals surface area contributed by atoms with E-state index >= 15 is 0 Å². The topological polar surface area (TPSA) is 70.6 Å². The number of ether oxygens (including phenoxy) is 1. The zero-order valence-electron chi connectivity index (χ0n) is 13.8. The second kappa shape index (κ2) is 7.53. The molecule has 0 unspecified atom stereocenters. The summed E-state index contributed by atoms with van der Waals surface area (Å²) < 4.78 is 18.5. The average molecular weight is 344 g/mol. The summed E-state index contributed by atoms with van der Waals surface area (Å²) in [7, 11) is 0. The van der Waals surface area contributed by atoms with Gasteiger partial charge < -0.3 is 20.5 Å². The zero-order valence-corrected chi connectivity index (χ0v) is 13.8. The van der Waals surface area contributed by atoms with Crippen molar-refractivity contribution in [2.75, 3.05) is 11.9 Å². The van der Waals surface area contributed by atoms with Gasteiger partial charge in [0.05, 0.1) is 5.60 Å². The number of urea groups is 1. The van der Waals surface area contributed by atoms with Gasteiger partial charge in [0.15, 0.2) is 0 Å². The Kier molecular flexibility index (Phi) is 5.19. The van der Waals surface area contributed by atoms with Gasteiger partial charge in [-0.05, 0) is 49.1 Å². The lowest BCUT2D eigenvalue weighted by molar-refractivity contribution is -0.0287. The van der Waals surface area contributed by atoms with Gasteiger partial charge in [-0.3, -0.25) is 0 Å². The quantitative estimate of drug-likeness (QED) is 0.752. The molecule has 3 rings (SSSR count). The normalized spacial score (nSPS) is 15.1. The number of halogens is 1. The van der Waals surface area contributed by atoms with E-state index < -0.39 is 5.60 Å². The molecule has 0 aliphatic heterocycles. The van der Waals surface area contributed by atoms with E-state index in [1.807, 2.05) is 0 Å². The molecule has 3 N–H and O–H groups in total. The zero-order chi connectivity index (χ0) is 17.7. The Labute approximate surface area is 145 Å². The van der Waals surface area contributed by atoms with E-state index in [0.29, 0.717) is 18.0 Å². The van der Waals surface area contributed by atoms with Crippen LogP contribution in [0.25, 0.3) is 0 Å². The van der Waals surface area contributed by atoms with Crippen LogP contribution in [0.3, 0.4) is 0 Å². The van der Waals surface area contributed by atoms with Crippen molar-refractivity contribution in [1.82, 2.24) is 5.32 Å². The van der Waals surface area contributed by atoms with Crippen molar-refractivity contribution in [2.24, 2.45) is 0 Å². The molecule has 0 aromatic heterocycles. The maximum atomic E-state index is 12.9. The van der Waals surface area contributed by atoms with Gasteiger partial charge >= 0.3 is 6.03 Å². The van der Waals surface area contributed by atoms with E-state index in [2.05, 4.69) is 10.6 Å². The number of carbonyl (C=O) groups is 1. The van der Waals surface area contributed by atoms with Crippen molar-refractivity contribution in [1.29, 1.82) is 0 Å². The molecule has 2 aromatic rings. The molecular formula is C19H21FN2O3. The van der Waals surface area contributed by atoms with Crippen LogP contribution >= 0.6 is 0 Å². The summed E-state index contributed by atoms with van der Waals surface area (Å²) >= 11 is 0. The van der Waals surface area contributed by atoms with Gasteiger partial charge in [0.1, 0.15) is 18.2 Å². The Morgan fingerprint density at radius 3 is 2.64 bits per heavy atom. The van der Waals surface area contributed by atoms with Gasteiger partial charge in [-0.1, -0.05) is 18.2 Å². The first-order valence-electron chi connectivity index (χ1n) is 8.27. The van der Waals surface area contributed by atoms with Crippen molar-refractivity contribution in [3.8, 4) is 5.75 Å². The van der Waals surface area contributed by atoms with Crippen molar-refractivity contribution >= 4 is 11.7 Å². The van der Waals surface area contributed by atoms with Crippen LogP contribution in [0.4, 0.5) is 14.9 Å². The average Bonchev–Trinajstić information content (AvgIpc) is 2.58. The molecule has 0 bridgehead atoms. The van der Waals surface area contributed by atoms with Gasteiger partial charge in [0, 0.05) is 18.3 Å². The van der Waals surface area contributed by atoms with Gasteiger partial charge in [-0.25, -0.2) is 9.18 Å². The number of nitrogens with one attached hydrogen (secondary N) is 2. The standard InChI is InChI=1S/C19H21FN2O3/c20-15-7-5-14(6-8-15)12-25-17-4-1-3-16(11-17)22-18(23)21-13-19(24)9-2-10-19/h1,3-8,11,24H,2,9-10,12-13H2,(H2,21,22,23). The monoisotopic (exact) mass is 344 g/mol. The molecule has 6 heteroatoms. The van der Waals surface area contributed by atoms with Crippen LogP contribution in [0.15, 0.2) is 48.5 Å². The lowest BCUT2D eigenvalue weighted by atomic mass is 9.80. The second-order valence-corrected chi connectivity index (χ2v) is 6.33. The summed E-state index contributed by atoms with van der Waals surface area (Å²) in [6, 6.07) is 12.7. The number of anilines is 1. The highest BCUT2D eigenvalue weighted by molar-refractivity contribution is 5.89. The fourth-order valence-corrected chi connectivity index (χ4v) is 2.59. The van der Waals surface area contributed by atoms with Gasteiger partial charge in [-0.15, -0.1) is 0 Å². The highest BCUT2D eigenvalue weighted by atomic mass is 19.1. The third-order valence-electron chi connectivity index (χ3n) is 4.27. The molecule has 0 spiro atoms. The molecule has 2 aromatic carbocycles. The summed E-state index contributed by atoms with van der Waals surface area (Å²) in [5.41, 5.74) is 0.693. The molecule has 5 nitrogen and oxygen atoms in total. The maximum Gasteiger partial charge on any atom is 0.319 e. The lowest BCUT2D eigenvalue weighted by Gasteiger charge is -2.36. The van der Waals surface area contributed by atoms with Crippen LogP contribution in [0.1, 0.15) is 24.8 Å². The van der Waals surface area contributed by atoms with E-state index in [4.69, 9.17) is 4.74 Å². The minimum absolute atomic E-state index is 0.250. The van der Waals surface area contributed by atoms with Crippen molar-refractivity contribution < 1.29 is 19.0 Å². The number of carbonyl (C=O) groups excluding carboxylic acids is 1. The number of aliphatic hydroxyl groups is 1. The first-order valence-corrected chi connectivity index (χ1v) is 8.27. The third-order valence-corrected chi connectivity index (χ3v) is 4.27. The summed E-state index contributed by atoms with van der Waals surface area (Å²) in [6.45, 7) is 0.558. The number of hydrogen-bond donors (Lipinski definition) is 3. The molecule has 0 saturated heterocycles. The maximum absolute atomic E-state index is 12.9. The number of amides is 2. The highest BCUT2D eigenvalue weighted by Gasteiger charge is 2.34. The molecule has 1 aliphatic rings. The summed E-state index contributed by atoms with van der Waals surface area (Å²) in [6.07, 6.45) is 2.44. The van der Waals surface area contributed by atoms with E-state index in [-0.39, 0.29) is 18.4 Å². The Bertz CT molecular complexity index is 730. The molecule has 25 heavy (non-hydrogen) atoms. The van der Waals surface area contributed by atoms with E-state index in [1.54, 1.807) is 36.4 Å². The van der Waals surface area contributed by atoms with Gasteiger partial charge in [-0.2, -0.15) is 0 Å². The fraction of sp³-hybridized carbons (Fsp3) is 0.316. The molecule has 1 fully saturated rings. The predicted octanol–water partition coefficient (Wildman–Crippen LogP) is 3.44. The van der Waals surface area contributed by atoms with Crippen molar-refractivity contribution in [3.63, 3.8) is 0 Å². The largest absolute Gasteiger partial charge is 0.489 e. The van der Waals surface area contributed by atoms with Crippen LogP contribution in [-0.4, -0.2) is 23.3 Å². The minimum Gasteiger partial charge on any atom is -0.489 e. The highest BCUT2D eigenvalue weighted by Crippen LogP contribution is 2.30. The van der Waals surface area contributed by atoms with E-state index in [1.165, 1.54) is 12.1 Å². The Hall–Kier alpha value is -2.60. The van der Waals surface area contributed by atoms with Crippen LogP contribution in [-0.2, 0) is 6.61 Å². The number of rotatable bonds is 6. The minimum atomic E-state index is -0.753. The SMILES string of the molecule is O=C(NCC1(O)CCC1)Nc1cccc(OCc2ccc(F)cc2)c1. The predicted molar refractivity (Wildman–Crippen MR) is 93.0 cm³/mol. The Morgan fingerprint density at radius 1 is 1.20 bits per heavy atom. The molecule has 1 aliphatic carbocycles. The Morgan fingerprint density at radius 2 is 1.96 bits per heavy atom. The Balaban J connectivity index is 1.50. The number of hydrogen-bond acceptors (Lipinski definition) is 3. The lowest BCUT2D eigenvalue weighted by Crippen LogP contribution is -2.48. The fourth-order valence-electron chi connectivity index (χ4n) is 2.59. The van der Waals surface area contributed by atoms with E-state index in [9.17, 15) is 14.3 Å². The molecule has 132 valence electrons. The smallest absolute Gasteiger partial charge is 0.319 e.